The molecule has 0 amide bonds. The number of carbonyl (C=O) groups excluding carboxylic acids is 1. The largest absolute Gasteiger partial charge is 0.496 e. The minimum absolute atomic E-state index is 0.0124. The van der Waals surface area contributed by atoms with E-state index in [1.807, 2.05) is 0 Å². The zero-order valence-corrected chi connectivity index (χ0v) is 11.7. The number of carbonyl (C=O) groups is 1. The van der Waals surface area contributed by atoms with Crippen LogP contribution in [0.5, 0.6) is 11.5 Å². The molecule has 110 valence electrons. The van der Waals surface area contributed by atoms with Crippen LogP contribution < -0.4 is 9.47 Å². The van der Waals surface area contributed by atoms with E-state index in [4.69, 9.17) is 16.3 Å². The van der Waals surface area contributed by atoms with Crippen LogP contribution in [0.15, 0.2) is 42.5 Å². The Bertz CT molecular complexity index is 659. The molecule has 0 saturated carbocycles. The minimum Gasteiger partial charge on any atom is -0.496 e. The maximum absolute atomic E-state index is 12.5. The van der Waals surface area contributed by atoms with Gasteiger partial charge in [0.1, 0.15) is 11.5 Å². The first-order valence-corrected chi connectivity index (χ1v) is 6.33. The lowest BCUT2D eigenvalue weighted by molar-refractivity contribution is -0.0501. The quantitative estimate of drug-likeness (QED) is 0.777. The molecule has 2 rings (SSSR count). The van der Waals surface area contributed by atoms with E-state index < -0.39 is 12.4 Å². The molecule has 0 aliphatic heterocycles. The third-order valence-corrected chi connectivity index (χ3v) is 2.99. The van der Waals surface area contributed by atoms with Gasteiger partial charge in [0, 0.05) is 5.02 Å². The van der Waals surface area contributed by atoms with Gasteiger partial charge in [-0.3, -0.25) is 4.79 Å². The monoisotopic (exact) mass is 312 g/mol. The summed E-state index contributed by atoms with van der Waals surface area (Å²) in [4.78, 5) is 12.5. The number of benzene rings is 2. The van der Waals surface area contributed by atoms with Gasteiger partial charge >= 0.3 is 6.61 Å². The van der Waals surface area contributed by atoms with Crippen molar-refractivity contribution in [1.29, 1.82) is 0 Å². The van der Waals surface area contributed by atoms with Crippen LogP contribution in [0.1, 0.15) is 15.9 Å². The number of para-hydroxylation sites is 1. The Morgan fingerprint density at radius 3 is 2.48 bits per heavy atom. The number of alkyl halides is 2. The van der Waals surface area contributed by atoms with E-state index in [1.54, 1.807) is 12.1 Å². The first kappa shape index (κ1) is 15.3. The van der Waals surface area contributed by atoms with Gasteiger partial charge in [-0.1, -0.05) is 23.7 Å². The molecule has 0 unspecified atom stereocenters. The van der Waals surface area contributed by atoms with E-state index in [2.05, 4.69) is 4.74 Å². The average molecular weight is 313 g/mol. The lowest BCUT2D eigenvalue weighted by atomic mass is 10.0. The molecule has 0 heterocycles. The number of halogens is 3. The maximum atomic E-state index is 12.5. The van der Waals surface area contributed by atoms with Gasteiger partial charge < -0.3 is 9.47 Å². The van der Waals surface area contributed by atoms with E-state index in [0.717, 1.165) is 0 Å². The molecule has 0 atom stereocenters. The molecule has 0 fully saturated rings. The SMILES string of the molecule is COc1ccc(Cl)cc1C(=O)c1ccccc1OC(F)F. The first-order valence-electron chi connectivity index (χ1n) is 5.95. The van der Waals surface area contributed by atoms with Crippen molar-refractivity contribution in [1.82, 2.24) is 0 Å². The van der Waals surface area contributed by atoms with Crippen LogP contribution in [0.4, 0.5) is 8.78 Å². The summed E-state index contributed by atoms with van der Waals surface area (Å²) in [6.07, 6.45) is 0. The van der Waals surface area contributed by atoms with E-state index >= 15 is 0 Å². The van der Waals surface area contributed by atoms with Gasteiger partial charge in [-0.25, -0.2) is 0 Å². The molecular weight excluding hydrogens is 302 g/mol. The smallest absolute Gasteiger partial charge is 0.387 e. The Balaban J connectivity index is 2.48. The summed E-state index contributed by atoms with van der Waals surface area (Å²) in [5, 5.41) is 0.339. The third-order valence-electron chi connectivity index (χ3n) is 2.75. The molecule has 2 aromatic carbocycles. The number of ketones is 1. The van der Waals surface area contributed by atoms with Crippen LogP contribution >= 0.6 is 11.6 Å². The van der Waals surface area contributed by atoms with Crippen LogP contribution in [0.25, 0.3) is 0 Å². The summed E-state index contributed by atoms with van der Waals surface area (Å²) in [6.45, 7) is -3.01. The van der Waals surface area contributed by atoms with Crippen molar-refractivity contribution >= 4 is 17.4 Å². The molecule has 0 radical (unpaired) electrons. The number of ether oxygens (including phenoxy) is 2. The normalized spacial score (nSPS) is 10.5. The molecule has 6 heteroatoms. The van der Waals surface area contributed by atoms with Gasteiger partial charge in [0.2, 0.25) is 5.78 Å². The van der Waals surface area contributed by atoms with Gasteiger partial charge in [0.25, 0.3) is 0 Å². The van der Waals surface area contributed by atoms with Crippen LogP contribution in [-0.2, 0) is 0 Å². The van der Waals surface area contributed by atoms with E-state index in [0.29, 0.717) is 10.8 Å². The summed E-state index contributed by atoms with van der Waals surface area (Å²) in [6, 6.07) is 10.3. The van der Waals surface area contributed by atoms with Crippen LogP contribution in [0.2, 0.25) is 5.02 Å². The Labute approximate surface area is 125 Å². The average Bonchev–Trinajstić information content (AvgIpc) is 2.46. The van der Waals surface area contributed by atoms with Crippen molar-refractivity contribution in [3.63, 3.8) is 0 Å². The Morgan fingerprint density at radius 2 is 1.81 bits per heavy atom. The molecular formula is C15H11ClF2O3. The highest BCUT2D eigenvalue weighted by Crippen LogP contribution is 2.29. The predicted octanol–water partition coefficient (Wildman–Crippen LogP) is 4.18. The summed E-state index contributed by atoms with van der Waals surface area (Å²) >= 11 is 5.87. The second-order valence-electron chi connectivity index (χ2n) is 4.05. The van der Waals surface area contributed by atoms with Gasteiger partial charge in [-0.2, -0.15) is 8.78 Å². The number of hydrogen-bond acceptors (Lipinski definition) is 3. The molecule has 0 bridgehead atoms. The lowest BCUT2D eigenvalue weighted by Gasteiger charge is -2.12. The van der Waals surface area contributed by atoms with E-state index in [-0.39, 0.29) is 16.9 Å². The summed E-state index contributed by atoms with van der Waals surface area (Å²) < 4.78 is 34.3. The van der Waals surface area contributed by atoms with Crippen molar-refractivity contribution in [2.45, 2.75) is 6.61 Å². The minimum atomic E-state index is -3.01. The molecule has 0 N–H and O–H groups in total. The Kier molecular flexibility index (Phi) is 4.75. The van der Waals surface area contributed by atoms with Crippen LogP contribution in [-0.4, -0.2) is 19.5 Å². The Hall–Kier alpha value is -2.14. The highest BCUT2D eigenvalue weighted by molar-refractivity contribution is 6.31. The molecule has 0 spiro atoms. The van der Waals surface area contributed by atoms with Gasteiger partial charge in [-0.05, 0) is 30.3 Å². The van der Waals surface area contributed by atoms with Gasteiger partial charge in [0.05, 0.1) is 18.2 Å². The van der Waals surface area contributed by atoms with Gasteiger partial charge in [-0.15, -0.1) is 0 Å². The van der Waals surface area contributed by atoms with E-state index in [1.165, 1.54) is 37.4 Å². The molecule has 0 aromatic heterocycles. The second kappa shape index (κ2) is 6.54. The fourth-order valence-corrected chi connectivity index (χ4v) is 2.03. The zero-order chi connectivity index (χ0) is 15.4. The molecule has 0 aliphatic carbocycles. The highest BCUT2D eigenvalue weighted by Gasteiger charge is 2.20. The summed E-state index contributed by atoms with van der Waals surface area (Å²) in [7, 11) is 1.40. The molecule has 2 aromatic rings. The van der Waals surface area contributed by atoms with E-state index in [9.17, 15) is 13.6 Å². The van der Waals surface area contributed by atoms with Crippen molar-refractivity contribution in [2.75, 3.05) is 7.11 Å². The van der Waals surface area contributed by atoms with Crippen molar-refractivity contribution in [3.05, 3.63) is 58.6 Å². The second-order valence-corrected chi connectivity index (χ2v) is 4.48. The number of hydrogen-bond donors (Lipinski definition) is 0. The highest BCUT2D eigenvalue weighted by atomic mass is 35.5. The summed E-state index contributed by atoms with van der Waals surface area (Å²) in [5.74, 6) is -0.402. The topological polar surface area (TPSA) is 35.5 Å². The molecule has 0 aliphatic rings. The predicted molar refractivity (Wildman–Crippen MR) is 74.5 cm³/mol. The Morgan fingerprint density at radius 1 is 1.10 bits per heavy atom. The number of methoxy groups -OCH3 is 1. The molecule has 0 saturated heterocycles. The first-order chi connectivity index (χ1) is 10.0. The third kappa shape index (κ3) is 3.49. The van der Waals surface area contributed by atoms with Crippen LogP contribution in [0, 0.1) is 0 Å². The number of rotatable bonds is 5. The fraction of sp³-hybridized carbons (Fsp3) is 0.133. The van der Waals surface area contributed by atoms with Crippen molar-refractivity contribution < 1.29 is 23.0 Å². The standard InChI is InChI=1S/C15H11ClF2O3/c1-20-12-7-6-9(16)8-11(12)14(19)10-4-2-3-5-13(10)21-15(17)18/h2-8,15H,1H3. The van der Waals surface area contributed by atoms with Crippen LogP contribution in [0.3, 0.4) is 0 Å². The zero-order valence-electron chi connectivity index (χ0n) is 11.0. The fourth-order valence-electron chi connectivity index (χ4n) is 1.86. The molecule has 3 nitrogen and oxygen atoms in total. The lowest BCUT2D eigenvalue weighted by Crippen LogP contribution is -2.09. The van der Waals surface area contributed by atoms with Crippen molar-refractivity contribution in [3.8, 4) is 11.5 Å². The van der Waals surface area contributed by atoms with Crippen molar-refractivity contribution in [2.24, 2.45) is 0 Å². The van der Waals surface area contributed by atoms with Gasteiger partial charge in [0.15, 0.2) is 0 Å². The summed E-state index contributed by atoms with van der Waals surface area (Å²) in [5.41, 5.74) is 0.189. The maximum Gasteiger partial charge on any atom is 0.387 e. The molecule has 21 heavy (non-hydrogen) atoms.